The number of ether oxygens (including phenoxy) is 1. The van der Waals surface area contributed by atoms with Gasteiger partial charge in [0.15, 0.2) is 0 Å². The molecule has 3 nitrogen and oxygen atoms in total. The Balaban J connectivity index is 2.06. The summed E-state index contributed by atoms with van der Waals surface area (Å²) in [5.74, 6) is 0.962. The summed E-state index contributed by atoms with van der Waals surface area (Å²) in [4.78, 5) is 2.42. The molecule has 0 heterocycles. The molecule has 0 fully saturated rings. The van der Waals surface area contributed by atoms with Crippen molar-refractivity contribution in [1.82, 2.24) is 10.2 Å². The molecule has 3 heteroatoms. The number of hydrogen-bond acceptors (Lipinski definition) is 3. The van der Waals surface area contributed by atoms with Crippen LogP contribution >= 0.6 is 0 Å². The number of hydrogen-bond donors (Lipinski definition) is 1. The first-order valence-corrected chi connectivity index (χ1v) is 7.77. The van der Waals surface area contributed by atoms with Gasteiger partial charge in [-0.25, -0.2) is 0 Å². The van der Waals surface area contributed by atoms with Gasteiger partial charge in [0.1, 0.15) is 5.75 Å². The van der Waals surface area contributed by atoms with Crippen LogP contribution in [0.1, 0.15) is 19.4 Å². The molecule has 0 amide bonds. The van der Waals surface area contributed by atoms with E-state index in [1.54, 1.807) is 7.11 Å². The van der Waals surface area contributed by atoms with Crippen molar-refractivity contribution >= 4 is 10.8 Å². The Bertz CT molecular complexity index is 564. The second-order valence-electron chi connectivity index (χ2n) is 5.17. The van der Waals surface area contributed by atoms with Gasteiger partial charge in [-0.15, -0.1) is 0 Å². The third-order valence-corrected chi connectivity index (χ3v) is 4.02. The van der Waals surface area contributed by atoms with Gasteiger partial charge in [0.25, 0.3) is 0 Å². The second kappa shape index (κ2) is 8.01. The van der Waals surface area contributed by atoms with E-state index in [1.165, 1.54) is 16.3 Å². The predicted octanol–water partition coefficient (Wildman–Crippen LogP) is 3.28. The Morgan fingerprint density at radius 2 is 1.81 bits per heavy atom. The Labute approximate surface area is 127 Å². The van der Waals surface area contributed by atoms with Crippen molar-refractivity contribution in [3.05, 3.63) is 42.0 Å². The highest BCUT2D eigenvalue weighted by Gasteiger charge is 2.07. The molecule has 2 aromatic carbocycles. The molecular weight excluding hydrogens is 260 g/mol. The van der Waals surface area contributed by atoms with Crippen LogP contribution in [0.4, 0.5) is 0 Å². The van der Waals surface area contributed by atoms with Gasteiger partial charge in [0, 0.05) is 25.2 Å². The SMILES string of the molecule is CCN(CC)CCNCc1c(OC)ccc2ccccc12. The zero-order chi connectivity index (χ0) is 15.1. The number of benzene rings is 2. The maximum absolute atomic E-state index is 5.52. The van der Waals surface area contributed by atoms with E-state index in [-0.39, 0.29) is 0 Å². The summed E-state index contributed by atoms with van der Waals surface area (Å²) >= 11 is 0. The van der Waals surface area contributed by atoms with Gasteiger partial charge in [-0.1, -0.05) is 44.2 Å². The Morgan fingerprint density at radius 3 is 2.52 bits per heavy atom. The summed E-state index contributed by atoms with van der Waals surface area (Å²) in [6.07, 6.45) is 0. The van der Waals surface area contributed by atoms with E-state index in [0.29, 0.717) is 0 Å². The fourth-order valence-electron chi connectivity index (χ4n) is 2.68. The van der Waals surface area contributed by atoms with Crippen LogP contribution in [-0.2, 0) is 6.54 Å². The highest BCUT2D eigenvalue weighted by Crippen LogP contribution is 2.27. The highest BCUT2D eigenvalue weighted by molar-refractivity contribution is 5.87. The molecular formula is C18H26N2O. The Hall–Kier alpha value is -1.58. The number of nitrogens with one attached hydrogen (secondary N) is 1. The van der Waals surface area contributed by atoms with Crippen LogP contribution in [0.25, 0.3) is 10.8 Å². The summed E-state index contributed by atoms with van der Waals surface area (Å²) in [6.45, 7) is 9.54. The standard InChI is InChI=1S/C18H26N2O/c1-4-20(5-2)13-12-19-14-17-16-9-7-6-8-15(16)10-11-18(17)21-3/h6-11,19H,4-5,12-14H2,1-3H3. The zero-order valence-electron chi connectivity index (χ0n) is 13.4. The molecule has 0 saturated carbocycles. The van der Waals surface area contributed by atoms with Crippen LogP contribution in [0, 0.1) is 0 Å². The van der Waals surface area contributed by atoms with Gasteiger partial charge in [-0.05, 0) is 29.9 Å². The van der Waals surface area contributed by atoms with Crippen molar-refractivity contribution in [2.24, 2.45) is 0 Å². The average molecular weight is 286 g/mol. The molecule has 0 spiro atoms. The number of rotatable bonds is 8. The Kier molecular flexibility index (Phi) is 6.03. The van der Waals surface area contributed by atoms with E-state index in [0.717, 1.165) is 38.5 Å². The molecule has 114 valence electrons. The first-order valence-electron chi connectivity index (χ1n) is 7.77. The van der Waals surface area contributed by atoms with Crippen molar-refractivity contribution in [1.29, 1.82) is 0 Å². The van der Waals surface area contributed by atoms with Crippen LogP contribution in [0.2, 0.25) is 0 Å². The van der Waals surface area contributed by atoms with Gasteiger partial charge in [0.2, 0.25) is 0 Å². The smallest absolute Gasteiger partial charge is 0.123 e. The van der Waals surface area contributed by atoms with Gasteiger partial charge < -0.3 is 15.0 Å². The van der Waals surface area contributed by atoms with Crippen LogP contribution in [0.15, 0.2) is 36.4 Å². The molecule has 21 heavy (non-hydrogen) atoms. The van der Waals surface area contributed by atoms with Crippen molar-refractivity contribution in [3.63, 3.8) is 0 Å². The van der Waals surface area contributed by atoms with Crippen LogP contribution < -0.4 is 10.1 Å². The first kappa shape index (κ1) is 15.8. The molecule has 0 aliphatic rings. The number of likely N-dealkylation sites (N-methyl/N-ethyl adjacent to an activating group) is 1. The lowest BCUT2D eigenvalue weighted by Crippen LogP contribution is -2.31. The van der Waals surface area contributed by atoms with E-state index < -0.39 is 0 Å². The minimum absolute atomic E-state index is 0.839. The third-order valence-electron chi connectivity index (χ3n) is 4.02. The van der Waals surface area contributed by atoms with Gasteiger partial charge in [-0.2, -0.15) is 0 Å². The number of nitrogens with zero attached hydrogens (tertiary/aromatic N) is 1. The molecule has 1 N–H and O–H groups in total. The summed E-state index contributed by atoms with van der Waals surface area (Å²) in [6, 6.07) is 12.7. The summed E-state index contributed by atoms with van der Waals surface area (Å²) in [7, 11) is 1.74. The van der Waals surface area contributed by atoms with Crippen LogP contribution in [-0.4, -0.2) is 38.2 Å². The Morgan fingerprint density at radius 1 is 1.05 bits per heavy atom. The molecule has 0 unspecified atom stereocenters. The minimum atomic E-state index is 0.839. The van der Waals surface area contributed by atoms with E-state index in [4.69, 9.17) is 4.74 Å². The van der Waals surface area contributed by atoms with E-state index >= 15 is 0 Å². The minimum Gasteiger partial charge on any atom is -0.496 e. The molecule has 0 aromatic heterocycles. The number of fused-ring (bicyclic) bond motifs is 1. The lowest BCUT2D eigenvalue weighted by molar-refractivity contribution is 0.302. The molecule has 0 aliphatic carbocycles. The second-order valence-corrected chi connectivity index (χ2v) is 5.17. The topological polar surface area (TPSA) is 24.5 Å². The van der Waals surface area contributed by atoms with Crippen molar-refractivity contribution in [2.75, 3.05) is 33.3 Å². The molecule has 2 rings (SSSR count). The first-order chi connectivity index (χ1) is 10.3. The average Bonchev–Trinajstić information content (AvgIpc) is 2.54. The van der Waals surface area contributed by atoms with Crippen molar-refractivity contribution in [2.45, 2.75) is 20.4 Å². The fourth-order valence-corrected chi connectivity index (χ4v) is 2.68. The maximum atomic E-state index is 5.52. The van der Waals surface area contributed by atoms with Crippen LogP contribution in [0.5, 0.6) is 5.75 Å². The third kappa shape index (κ3) is 3.96. The molecule has 0 bridgehead atoms. The highest BCUT2D eigenvalue weighted by atomic mass is 16.5. The monoisotopic (exact) mass is 286 g/mol. The fraction of sp³-hybridized carbons (Fsp3) is 0.444. The van der Waals surface area contributed by atoms with Gasteiger partial charge >= 0.3 is 0 Å². The van der Waals surface area contributed by atoms with E-state index in [2.05, 4.69) is 60.5 Å². The molecule has 2 aromatic rings. The van der Waals surface area contributed by atoms with E-state index in [9.17, 15) is 0 Å². The van der Waals surface area contributed by atoms with E-state index in [1.807, 2.05) is 0 Å². The van der Waals surface area contributed by atoms with Crippen LogP contribution in [0.3, 0.4) is 0 Å². The summed E-state index contributed by atoms with van der Waals surface area (Å²) < 4.78 is 5.52. The lowest BCUT2D eigenvalue weighted by atomic mass is 10.0. The van der Waals surface area contributed by atoms with Gasteiger partial charge in [0.05, 0.1) is 7.11 Å². The maximum Gasteiger partial charge on any atom is 0.123 e. The summed E-state index contributed by atoms with van der Waals surface area (Å²) in [5, 5.41) is 6.08. The zero-order valence-corrected chi connectivity index (χ0v) is 13.4. The molecule has 0 radical (unpaired) electrons. The predicted molar refractivity (Wildman–Crippen MR) is 90.0 cm³/mol. The summed E-state index contributed by atoms with van der Waals surface area (Å²) in [5.41, 5.74) is 1.25. The lowest BCUT2D eigenvalue weighted by Gasteiger charge is -2.18. The van der Waals surface area contributed by atoms with Gasteiger partial charge in [-0.3, -0.25) is 0 Å². The quantitative estimate of drug-likeness (QED) is 0.754. The number of methoxy groups -OCH3 is 1. The van der Waals surface area contributed by atoms with Crippen molar-refractivity contribution < 1.29 is 4.74 Å². The normalized spacial score (nSPS) is 11.2. The molecule has 0 atom stereocenters. The largest absolute Gasteiger partial charge is 0.496 e. The van der Waals surface area contributed by atoms with Crippen molar-refractivity contribution in [3.8, 4) is 5.75 Å². The molecule has 0 saturated heterocycles. The molecule has 0 aliphatic heterocycles.